The number of benzene rings is 1. The highest BCUT2D eigenvalue weighted by atomic mass is 16.5. The maximum absolute atomic E-state index is 13.0. The van der Waals surface area contributed by atoms with Crippen molar-refractivity contribution in [1.82, 2.24) is 15.2 Å². The highest BCUT2D eigenvalue weighted by Gasteiger charge is 2.27. The summed E-state index contributed by atoms with van der Waals surface area (Å²) >= 11 is 0. The average Bonchev–Trinajstić information content (AvgIpc) is 3.15. The van der Waals surface area contributed by atoms with Crippen LogP contribution in [0.15, 0.2) is 47.6 Å². The van der Waals surface area contributed by atoms with Crippen LogP contribution in [0.4, 0.5) is 0 Å². The molecule has 1 aromatic heterocycles. The molecule has 34 heavy (non-hydrogen) atoms. The van der Waals surface area contributed by atoms with Crippen LogP contribution in [0.1, 0.15) is 31.2 Å². The molecule has 0 radical (unpaired) electrons. The molecule has 1 aliphatic heterocycles. The zero-order valence-corrected chi connectivity index (χ0v) is 19.3. The van der Waals surface area contributed by atoms with Gasteiger partial charge in [-0.15, -0.1) is 0 Å². The van der Waals surface area contributed by atoms with Gasteiger partial charge in [0.2, 0.25) is 11.8 Å². The average molecular weight is 469 g/mol. The first kappa shape index (κ1) is 24.8. The van der Waals surface area contributed by atoms with Crippen LogP contribution < -0.4 is 22.1 Å². The van der Waals surface area contributed by atoms with Gasteiger partial charge in [-0.3, -0.25) is 14.6 Å². The molecule has 6 N–H and O–H groups in total. The number of para-hydroxylation sites is 1. The molecule has 2 aromatic rings. The van der Waals surface area contributed by atoms with Gasteiger partial charge in [0.15, 0.2) is 5.96 Å². The number of unbranched alkanes of at least 4 members (excludes halogenated alkanes) is 1. The number of allylic oxidation sites excluding steroid dienone is 1. The van der Waals surface area contributed by atoms with Gasteiger partial charge in [-0.25, -0.2) is 4.79 Å². The Bertz CT molecular complexity index is 1090. The third kappa shape index (κ3) is 6.60. The smallest absolute Gasteiger partial charge is 0.328 e. The van der Waals surface area contributed by atoms with Crippen LogP contribution in [-0.2, 0) is 32.1 Å². The van der Waals surface area contributed by atoms with Crippen LogP contribution in [0.2, 0.25) is 0 Å². The molecule has 0 aliphatic carbocycles. The molecule has 0 spiro atoms. The van der Waals surface area contributed by atoms with Crippen molar-refractivity contribution in [1.29, 1.82) is 0 Å². The van der Waals surface area contributed by atoms with Gasteiger partial charge in [-0.1, -0.05) is 30.4 Å². The first-order valence-corrected chi connectivity index (χ1v) is 11.3. The standard InChI is InChI=1S/C24H32N6O4/c1-34-23(33)19-10-5-7-13-30-15-16(17-8-2-3-11-20(17)30)14-21(31)28-18(22(32)29-19)9-4-6-12-27-24(25)26/h2-3,5,7-8,11,15,18-19H,4,6,9-10,12-14H2,1H3,(H,28,31)(H,29,32)(H4,25,26,27)/b7-5+/t18-,19-/m1/s1. The highest BCUT2D eigenvalue weighted by Crippen LogP contribution is 2.22. The van der Waals surface area contributed by atoms with Crippen molar-refractivity contribution >= 4 is 34.6 Å². The molecule has 10 nitrogen and oxygen atoms in total. The van der Waals surface area contributed by atoms with Gasteiger partial charge < -0.3 is 31.4 Å². The quantitative estimate of drug-likeness (QED) is 0.161. The molecule has 2 heterocycles. The van der Waals surface area contributed by atoms with Gasteiger partial charge in [0, 0.05) is 30.2 Å². The summed E-state index contributed by atoms with van der Waals surface area (Å²) in [6.45, 7) is 1.00. The van der Waals surface area contributed by atoms with Crippen molar-refractivity contribution in [3.05, 3.63) is 48.2 Å². The summed E-state index contributed by atoms with van der Waals surface area (Å²) < 4.78 is 6.92. The third-order valence-corrected chi connectivity index (χ3v) is 5.71. The number of methoxy groups -OCH3 is 1. The van der Waals surface area contributed by atoms with Crippen molar-refractivity contribution in [3.8, 4) is 0 Å². The zero-order valence-electron chi connectivity index (χ0n) is 19.3. The van der Waals surface area contributed by atoms with Gasteiger partial charge in [0.1, 0.15) is 12.1 Å². The fraction of sp³-hybridized carbons (Fsp3) is 0.417. The normalized spacial score (nSPS) is 20.0. The van der Waals surface area contributed by atoms with E-state index in [0.717, 1.165) is 16.5 Å². The second-order valence-electron chi connectivity index (χ2n) is 8.21. The molecule has 2 bridgehead atoms. The molecule has 182 valence electrons. The second kappa shape index (κ2) is 11.9. The minimum absolute atomic E-state index is 0.0113. The van der Waals surface area contributed by atoms with Crippen molar-refractivity contribution < 1.29 is 19.1 Å². The Morgan fingerprint density at radius 2 is 1.97 bits per heavy atom. The van der Waals surface area contributed by atoms with Gasteiger partial charge >= 0.3 is 5.97 Å². The van der Waals surface area contributed by atoms with Crippen LogP contribution >= 0.6 is 0 Å². The Labute approximate surface area is 198 Å². The van der Waals surface area contributed by atoms with Gasteiger partial charge in [-0.05, 0) is 37.3 Å². The molecular weight excluding hydrogens is 436 g/mol. The summed E-state index contributed by atoms with van der Waals surface area (Å²) in [5, 5.41) is 6.57. The lowest BCUT2D eigenvalue weighted by atomic mass is 10.1. The Morgan fingerprint density at radius 1 is 1.18 bits per heavy atom. The minimum Gasteiger partial charge on any atom is -0.467 e. The summed E-state index contributed by atoms with van der Waals surface area (Å²) in [5.74, 6) is -1.23. The number of guanidine groups is 1. The van der Waals surface area contributed by atoms with Gasteiger partial charge in [-0.2, -0.15) is 0 Å². The maximum Gasteiger partial charge on any atom is 0.328 e. The summed E-state index contributed by atoms with van der Waals surface area (Å²) in [6.07, 6.45) is 7.79. The van der Waals surface area contributed by atoms with E-state index >= 15 is 0 Å². The van der Waals surface area contributed by atoms with Crippen molar-refractivity contribution in [3.63, 3.8) is 0 Å². The van der Waals surface area contributed by atoms with E-state index in [4.69, 9.17) is 16.2 Å². The van der Waals surface area contributed by atoms with Gasteiger partial charge in [0.25, 0.3) is 0 Å². The van der Waals surface area contributed by atoms with Gasteiger partial charge in [0.05, 0.1) is 13.5 Å². The monoisotopic (exact) mass is 468 g/mol. The van der Waals surface area contributed by atoms with Crippen molar-refractivity contribution in [2.75, 3.05) is 13.7 Å². The van der Waals surface area contributed by atoms with Crippen LogP contribution in [0.25, 0.3) is 10.9 Å². The minimum atomic E-state index is -0.852. The fourth-order valence-corrected chi connectivity index (χ4v) is 4.02. The summed E-state index contributed by atoms with van der Waals surface area (Å²) in [5.41, 5.74) is 12.6. The number of amides is 2. The number of hydrogen-bond acceptors (Lipinski definition) is 5. The van der Waals surface area contributed by atoms with Crippen molar-refractivity contribution in [2.24, 2.45) is 16.5 Å². The van der Waals surface area contributed by atoms with E-state index in [0.29, 0.717) is 32.4 Å². The Hall–Kier alpha value is -3.82. The molecule has 1 aromatic carbocycles. The number of carbonyl (C=O) groups is 3. The Kier molecular flexibility index (Phi) is 8.66. The number of carbonyl (C=O) groups excluding carboxylic acids is 3. The number of hydrogen-bond donors (Lipinski definition) is 4. The van der Waals surface area contributed by atoms with E-state index in [1.54, 1.807) is 0 Å². The van der Waals surface area contributed by atoms with E-state index < -0.39 is 24.0 Å². The molecule has 0 saturated heterocycles. The maximum atomic E-state index is 13.0. The SMILES string of the molecule is COC(=O)[C@H]1C/C=C/Cn2cc(c3ccccc32)CC(=O)N[C@H](CCCCN=C(N)N)C(=O)N1. The largest absolute Gasteiger partial charge is 0.467 e. The number of aliphatic imine (C=N–C) groups is 1. The molecule has 2 atom stereocenters. The molecule has 10 heteroatoms. The van der Waals surface area contributed by atoms with Crippen LogP contribution in [-0.4, -0.2) is 54.0 Å². The van der Waals surface area contributed by atoms with E-state index in [9.17, 15) is 14.4 Å². The summed E-state index contributed by atoms with van der Waals surface area (Å²) in [6, 6.07) is 6.22. The van der Waals surface area contributed by atoms with E-state index in [-0.39, 0.29) is 24.7 Å². The number of nitrogens with one attached hydrogen (secondary N) is 2. The Morgan fingerprint density at radius 3 is 2.74 bits per heavy atom. The number of ether oxygens (including phenoxy) is 1. The predicted molar refractivity (Wildman–Crippen MR) is 130 cm³/mol. The number of nitrogens with zero attached hydrogens (tertiary/aromatic N) is 2. The number of nitrogens with two attached hydrogens (primary N) is 2. The molecule has 2 amide bonds. The molecule has 0 fully saturated rings. The highest BCUT2D eigenvalue weighted by molar-refractivity contribution is 5.93. The first-order valence-electron chi connectivity index (χ1n) is 11.3. The number of fused-ring (bicyclic) bond motifs is 5. The molecule has 3 rings (SSSR count). The molecule has 1 aliphatic rings. The second-order valence-corrected chi connectivity index (χ2v) is 8.21. The number of rotatable bonds is 6. The van der Waals surface area contributed by atoms with E-state index in [1.807, 2.05) is 42.6 Å². The summed E-state index contributed by atoms with van der Waals surface area (Å²) in [4.78, 5) is 42.2. The third-order valence-electron chi connectivity index (χ3n) is 5.71. The number of esters is 1. The lowest BCUT2D eigenvalue weighted by Gasteiger charge is -2.22. The summed E-state index contributed by atoms with van der Waals surface area (Å²) in [7, 11) is 1.28. The van der Waals surface area contributed by atoms with E-state index in [1.165, 1.54) is 7.11 Å². The van der Waals surface area contributed by atoms with Crippen LogP contribution in [0.3, 0.4) is 0 Å². The molecule has 0 unspecified atom stereocenters. The number of aromatic nitrogens is 1. The fourth-order valence-electron chi connectivity index (χ4n) is 4.02. The van der Waals surface area contributed by atoms with Crippen LogP contribution in [0, 0.1) is 0 Å². The first-order chi connectivity index (χ1) is 16.4. The lowest BCUT2D eigenvalue weighted by molar-refractivity contribution is -0.145. The topological polar surface area (TPSA) is 154 Å². The van der Waals surface area contributed by atoms with E-state index in [2.05, 4.69) is 20.2 Å². The predicted octanol–water partition coefficient (Wildman–Crippen LogP) is 0.730. The molecule has 0 saturated carbocycles. The molecular formula is C24H32N6O4. The zero-order chi connectivity index (χ0) is 24.5. The van der Waals surface area contributed by atoms with Crippen LogP contribution in [0.5, 0.6) is 0 Å². The Balaban J connectivity index is 1.85. The van der Waals surface area contributed by atoms with Crippen molar-refractivity contribution in [2.45, 2.75) is 50.7 Å². The lowest BCUT2D eigenvalue weighted by Crippen LogP contribution is -2.52.